The maximum atomic E-state index is 7.07. The van der Waals surface area contributed by atoms with Crippen molar-refractivity contribution >= 4 is 21.8 Å². The van der Waals surface area contributed by atoms with E-state index < -0.39 is 0 Å². The van der Waals surface area contributed by atoms with E-state index in [9.17, 15) is 0 Å². The van der Waals surface area contributed by atoms with Crippen molar-refractivity contribution in [3.05, 3.63) is 186 Å². The topological polar surface area (TPSA) is 35.9 Å². The number of aromatic nitrogens is 4. The van der Waals surface area contributed by atoms with E-state index in [4.69, 9.17) is 9.72 Å². The fourth-order valence-corrected chi connectivity index (χ4v) is 9.21. The average molecular weight is 827 g/mol. The van der Waals surface area contributed by atoms with Gasteiger partial charge >= 0.3 is 0 Å². The van der Waals surface area contributed by atoms with Crippen LogP contribution in [0.2, 0.25) is 0 Å². The van der Waals surface area contributed by atoms with Crippen LogP contribution < -0.4 is 9.30 Å². The number of nitrogens with zero attached hydrogens (tertiary/aromatic N) is 4. The molecule has 5 nitrogen and oxygen atoms in total. The lowest BCUT2D eigenvalue weighted by molar-refractivity contribution is -0.611. The highest BCUT2D eigenvalue weighted by Crippen LogP contribution is 2.40. The molecule has 0 N–H and O–H groups in total. The van der Waals surface area contributed by atoms with Crippen LogP contribution >= 0.6 is 0 Å². The van der Waals surface area contributed by atoms with Crippen LogP contribution in [-0.4, -0.2) is 14.1 Å². The lowest BCUT2D eigenvalue weighted by Crippen LogP contribution is -2.40. The summed E-state index contributed by atoms with van der Waals surface area (Å²) in [5.41, 5.74) is 14.4. The molecule has 0 spiro atoms. The van der Waals surface area contributed by atoms with Crippen LogP contribution in [0.1, 0.15) is 90.4 Å². The minimum absolute atomic E-state index is 0.0218. The van der Waals surface area contributed by atoms with E-state index in [-0.39, 0.29) is 16.2 Å². The summed E-state index contributed by atoms with van der Waals surface area (Å²) >= 11 is 0. The zero-order valence-electron chi connectivity index (χ0n) is 38.6. The first kappa shape index (κ1) is 41.6. The van der Waals surface area contributed by atoms with Gasteiger partial charge in [-0.1, -0.05) is 141 Å². The highest BCUT2D eigenvalue weighted by atomic mass is 16.5. The third kappa shape index (κ3) is 7.86. The number of ether oxygens (including phenoxy) is 1. The molecule has 0 aliphatic rings. The van der Waals surface area contributed by atoms with Crippen molar-refractivity contribution in [2.45, 2.75) is 92.4 Å². The summed E-state index contributed by atoms with van der Waals surface area (Å²) in [6.07, 6.45) is 5.85. The van der Waals surface area contributed by atoms with Crippen molar-refractivity contribution in [2.24, 2.45) is 0 Å². The van der Waals surface area contributed by atoms with E-state index in [0.29, 0.717) is 0 Å². The second-order valence-corrected chi connectivity index (χ2v) is 20.2. The maximum Gasteiger partial charge on any atom is 0.269 e. The molecule has 0 unspecified atom stereocenters. The van der Waals surface area contributed by atoms with Gasteiger partial charge in [-0.15, -0.1) is 0 Å². The Labute approximate surface area is 373 Å². The highest BCUT2D eigenvalue weighted by molar-refractivity contribution is 6.09. The van der Waals surface area contributed by atoms with E-state index in [0.717, 1.165) is 50.7 Å². The third-order valence-electron chi connectivity index (χ3n) is 12.1. The van der Waals surface area contributed by atoms with Crippen LogP contribution in [-0.2, 0) is 16.2 Å². The minimum atomic E-state index is -0.242. The van der Waals surface area contributed by atoms with Crippen LogP contribution in [0.3, 0.4) is 0 Å². The van der Waals surface area contributed by atoms with Gasteiger partial charge < -0.3 is 4.74 Å². The molecule has 316 valence electrons. The third-order valence-corrected chi connectivity index (χ3v) is 12.1. The second-order valence-electron chi connectivity index (χ2n) is 20.2. The fraction of sp³-hybridized carbons (Fsp3) is 0.241. The van der Waals surface area contributed by atoms with Crippen molar-refractivity contribution in [1.82, 2.24) is 14.1 Å². The van der Waals surface area contributed by atoms with E-state index in [1.54, 1.807) is 0 Å². The van der Waals surface area contributed by atoms with Crippen molar-refractivity contribution in [2.75, 3.05) is 0 Å². The van der Waals surface area contributed by atoms with Crippen molar-refractivity contribution < 1.29 is 9.30 Å². The molecule has 0 bridgehead atoms. The average Bonchev–Trinajstić information content (AvgIpc) is 3.82. The molecule has 0 saturated carbocycles. The normalized spacial score (nSPS) is 12.4. The van der Waals surface area contributed by atoms with E-state index in [1.165, 1.54) is 50.2 Å². The van der Waals surface area contributed by atoms with Gasteiger partial charge in [0.05, 0.1) is 33.8 Å². The first-order valence-electron chi connectivity index (χ1n) is 22.1. The number of imidazole rings is 1. The Morgan fingerprint density at radius 1 is 0.540 bits per heavy atom. The molecule has 3 aromatic heterocycles. The fourth-order valence-electron chi connectivity index (χ4n) is 9.21. The quantitative estimate of drug-likeness (QED) is 0.119. The lowest BCUT2D eigenvalue weighted by Gasteiger charge is -2.30. The Bertz CT molecular complexity index is 3140. The van der Waals surface area contributed by atoms with Gasteiger partial charge in [0.2, 0.25) is 0 Å². The number of aryl methyl sites for hydroxylation is 2. The molecule has 0 fully saturated rings. The first-order chi connectivity index (χ1) is 30.0. The molecule has 5 heteroatoms. The van der Waals surface area contributed by atoms with E-state index >= 15 is 0 Å². The van der Waals surface area contributed by atoms with Gasteiger partial charge in [-0.05, 0) is 130 Å². The number of fused-ring (bicyclic) bond motifs is 3. The number of hydrogen-bond donors (Lipinski definition) is 0. The summed E-state index contributed by atoms with van der Waals surface area (Å²) < 4.78 is 13.9. The zero-order valence-corrected chi connectivity index (χ0v) is 38.6. The van der Waals surface area contributed by atoms with Gasteiger partial charge in [-0.25, -0.2) is 4.98 Å². The molecule has 63 heavy (non-hydrogen) atoms. The Balaban J connectivity index is 1.25. The second kappa shape index (κ2) is 15.6. The number of para-hydroxylation sites is 1. The maximum absolute atomic E-state index is 7.07. The number of rotatable bonds is 7. The van der Waals surface area contributed by atoms with Gasteiger partial charge in [-0.3, -0.25) is 13.7 Å². The summed E-state index contributed by atoms with van der Waals surface area (Å²) in [5, 5.41) is 2.33. The predicted molar refractivity (Wildman–Crippen MR) is 261 cm³/mol. The zero-order chi connectivity index (χ0) is 44.4. The van der Waals surface area contributed by atoms with E-state index in [2.05, 4.69) is 242 Å². The molecule has 6 aromatic carbocycles. The Hall–Kier alpha value is -6.72. The molecule has 0 amide bonds. The van der Waals surface area contributed by atoms with Gasteiger partial charge in [0.15, 0.2) is 0 Å². The van der Waals surface area contributed by atoms with Gasteiger partial charge in [0.25, 0.3) is 6.33 Å². The predicted octanol–water partition coefficient (Wildman–Crippen LogP) is 14.7. The molecule has 0 aliphatic heterocycles. The Morgan fingerprint density at radius 3 is 1.94 bits per heavy atom. The van der Waals surface area contributed by atoms with Crippen LogP contribution in [0.5, 0.6) is 11.5 Å². The molecule has 0 atom stereocenters. The van der Waals surface area contributed by atoms with Gasteiger partial charge in [-0.2, -0.15) is 0 Å². The molecule has 9 aromatic rings. The molecule has 0 radical (unpaired) electrons. The van der Waals surface area contributed by atoms with Crippen molar-refractivity contribution in [3.63, 3.8) is 0 Å². The minimum Gasteiger partial charge on any atom is -0.458 e. The largest absolute Gasteiger partial charge is 0.458 e. The Morgan fingerprint density at radius 2 is 1.22 bits per heavy atom. The van der Waals surface area contributed by atoms with Crippen LogP contribution in [0.25, 0.3) is 61.3 Å². The van der Waals surface area contributed by atoms with Crippen molar-refractivity contribution in [1.29, 1.82) is 0 Å². The molecule has 0 aliphatic carbocycles. The molecular formula is C58H58N4O. The standard InChI is InChI=1S/C58H58N4O/c1-38-19-17-20-39(2)53(38)42-32-45(61-37-60(54(57(6,7)8)55(61)58(9,10)11)44-24-18-23-41(31-44)40-21-13-12-14-22-40)35-47(33-42)63-46-27-28-49-48-25-15-16-26-50(48)62(51(49)36-46)52-34-43(29-30-59-52)56(3,4)5/h12-36H,1-11H3. The summed E-state index contributed by atoms with van der Waals surface area (Å²) in [6, 6.07) is 52.0. The van der Waals surface area contributed by atoms with Gasteiger partial charge in [0, 0.05) is 23.0 Å². The number of benzene rings is 6. The van der Waals surface area contributed by atoms with Crippen molar-refractivity contribution in [3.8, 4) is 50.9 Å². The molecular weight excluding hydrogens is 769 g/mol. The smallest absolute Gasteiger partial charge is 0.269 e. The SMILES string of the molecule is Cc1cccc(C)c1-c1cc(Oc2ccc3c4ccccc4n(-c4cc(C(C)(C)C)ccn4)c3c2)cc(-n2[c-][n+](-c3cccc(-c4ccccc4)c3)c(C(C)(C)C)c2C(C)(C)C)c1. The summed E-state index contributed by atoms with van der Waals surface area (Å²) in [5.74, 6) is 2.39. The Kier molecular flexibility index (Phi) is 10.3. The van der Waals surface area contributed by atoms with Crippen LogP contribution in [0.15, 0.2) is 152 Å². The monoisotopic (exact) mass is 826 g/mol. The number of pyridine rings is 1. The highest BCUT2D eigenvalue weighted by Gasteiger charge is 2.34. The summed E-state index contributed by atoms with van der Waals surface area (Å²) in [7, 11) is 0. The lowest BCUT2D eigenvalue weighted by atomic mass is 9.81. The van der Waals surface area contributed by atoms with Crippen LogP contribution in [0, 0.1) is 20.2 Å². The molecule has 9 rings (SSSR count). The summed E-state index contributed by atoms with van der Waals surface area (Å²) in [4.78, 5) is 4.93. The number of hydrogen-bond acceptors (Lipinski definition) is 2. The van der Waals surface area contributed by atoms with Crippen LogP contribution in [0.4, 0.5) is 0 Å². The van der Waals surface area contributed by atoms with E-state index in [1.807, 2.05) is 6.20 Å². The molecule has 0 saturated heterocycles. The van der Waals surface area contributed by atoms with Gasteiger partial charge in [0.1, 0.15) is 17.3 Å². The first-order valence-corrected chi connectivity index (χ1v) is 22.1. The summed E-state index contributed by atoms with van der Waals surface area (Å²) in [6.45, 7) is 24.9. The molecule has 3 heterocycles.